The zero-order valence-corrected chi connectivity index (χ0v) is 13.0. The molecule has 1 aromatic carbocycles. The van der Waals surface area contributed by atoms with E-state index in [-0.39, 0.29) is 12.1 Å². The van der Waals surface area contributed by atoms with Gasteiger partial charge in [-0.05, 0) is 38.3 Å². The number of nitrogens with two attached hydrogens (primary N) is 1. The van der Waals surface area contributed by atoms with Crippen molar-refractivity contribution in [1.82, 2.24) is 14.8 Å². The van der Waals surface area contributed by atoms with Gasteiger partial charge in [-0.15, -0.1) is 0 Å². The second-order valence-corrected chi connectivity index (χ2v) is 5.48. The maximum atomic E-state index is 6.05. The Morgan fingerprint density at radius 3 is 2.76 bits per heavy atom. The fourth-order valence-corrected chi connectivity index (χ4v) is 2.19. The van der Waals surface area contributed by atoms with E-state index in [4.69, 9.17) is 10.5 Å². The third-order valence-electron chi connectivity index (χ3n) is 3.47. The van der Waals surface area contributed by atoms with Crippen LogP contribution >= 0.6 is 0 Å². The van der Waals surface area contributed by atoms with Crippen LogP contribution in [0.3, 0.4) is 0 Å². The van der Waals surface area contributed by atoms with Crippen LogP contribution in [0.2, 0.25) is 0 Å². The fourth-order valence-electron chi connectivity index (χ4n) is 2.19. The van der Waals surface area contributed by atoms with Gasteiger partial charge in [0.05, 0.1) is 0 Å². The van der Waals surface area contributed by atoms with E-state index in [0.29, 0.717) is 6.61 Å². The summed E-state index contributed by atoms with van der Waals surface area (Å²) in [6, 6.07) is 8.47. The van der Waals surface area contributed by atoms with E-state index >= 15 is 0 Å². The van der Waals surface area contributed by atoms with Crippen molar-refractivity contribution in [2.24, 2.45) is 5.73 Å². The number of hydrogen-bond donors (Lipinski definition) is 1. The Hall–Kier alpha value is -1.88. The molecule has 1 aromatic heterocycles. The Kier molecular flexibility index (Phi) is 5.33. The fraction of sp³-hybridized carbons (Fsp3) is 0.500. The summed E-state index contributed by atoms with van der Waals surface area (Å²) in [6.45, 7) is 6.66. The van der Waals surface area contributed by atoms with E-state index in [1.54, 1.807) is 6.33 Å². The van der Waals surface area contributed by atoms with Crippen LogP contribution in [0.25, 0.3) is 0 Å². The number of hydrogen-bond acceptors (Lipinski definition) is 4. The van der Waals surface area contributed by atoms with Crippen molar-refractivity contribution in [3.63, 3.8) is 0 Å². The molecule has 0 fully saturated rings. The number of rotatable bonds is 7. The summed E-state index contributed by atoms with van der Waals surface area (Å²) in [5.41, 5.74) is 7.19. The van der Waals surface area contributed by atoms with Crippen molar-refractivity contribution in [3.8, 4) is 5.75 Å². The van der Waals surface area contributed by atoms with E-state index in [2.05, 4.69) is 36.9 Å². The first kappa shape index (κ1) is 15.5. The molecule has 0 aliphatic rings. The number of nitrogens with zero attached hydrogens (tertiary/aromatic N) is 3. The van der Waals surface area contributed by atoms with Crippen molar-refractivity contribution < 1.29 is 4.74 Å². The minimum Gasteiger partial charge on any atom is -0.485 e. The molecular formula is C16H24N4O. The summed E-state index contributed by atoms with van der Waals surface area (Å²) < 4.78 is 7.81. The van der Waals surface area contributed by atoms with Gasteiger partial charge >= 0.3 is 0 Å². The highest BCUT2D eigenvalue weighted by Crippen LogP contribution is 2.21. The zero-order chi connectivity index (χ0) is 15.2. The van der Waals surface area contributed by atoms with Gasteiger partial charge in [-0.3, -0.25) is 0 Å². The molecule has 1 heterocycles. The number of para-hydroxylation sites is 1. The maximum Gasteiger partial charge on any atom is 0.165 e. The second-order valence-electron chi connectivity index (χ2n) is 5.48. The van der Waals surface area contributed by atoms with Crippen molar-refractivity contribution in [2.45, 2.75) is 52.3 Å². The molecular weight excluding hydrogens is 264 g/mol. The number of ether oxygens (including phenoxy) is 1. The average Bonchev–Trinajstić information content (AvgIpc) is 2.95. The molecule has 0 aliphatic carbocycles. The van der Waals surface area contributed by atoms with E-state index in [9.17, 15) is 0 Å². The molecule has 5 nitrogen and oxygen atoms in total. The van der Waals surface area contributed by atoms with Crippen LogP contribution in [-0.2, 0) is 13.0 Å². The Morgan fingerprint density at radius 2 is 2.05 bits per heavy atom. The summed E-state index contributed by atoms with van der Waals surface area (Å²) in [5, 5.41) is 4.22. The summed E-state index contributed by atoms with van der Waals surface area (Å²) in [5.74, 6) is 1.71. The minimum absolute atomic E-state index is 0.161. The topological polar surface area (TPSA) is 66.0 Å². The molecule has 1 atom stereocenters. The quantitative estimate of drug-likeness (QED) is 0.850. The molecule has 2 rings (SSSR count). The van der Waals surface area contributed by atoms with Crippen LogP contribution in [0.15, 0.2) is 30.6 Å². The van der Waals surface area contributed by atoms with Gasteiger partial charge in [-0.2, -0.15) is 5.10 Å². The molecule has 0 amide bonds. The van der Waals surface area contributed by atoms with E-state index in [1.807, 2.05) is 22.9 Å². The standard InChI is InChI=1S/C16H24N4O/c1-4-14(17)9-13-7-5-6-8-15(13)21-10-16-18-11-19-20(16)12(2)3/h5-8,11-12,14H,4,9-10,17H2,1-3H3. The first-order chi connectivity index (χ1) is 10.1. The lowest BCUT2D eigenvalue weighted by atomic mass is 10.0. The summed E-state index contributed by atoms with van der Waals surface area (Å²) in [4.78, 5) is 4.26. The Balaban J connectivity index is 2.07. The summed E-state index contributed by atoms with van der Waals surface area (Å²) in [7, 11) is 0. The predicted octanol–water partition coefficient (Wildman–Crippen LogP) is 2.72. The van der Waals surface area contributed by atoms with Crippen molar-refractivity contribution >= 4 is 0 Å². The van der Waals surface area contributed by atoms with Gasteiger partial charge in [-0.1, -0.05) is 25.1 Å². The van der Waals surface area contributed by atoms with Crippen LogP contribution in [0.1, 0.15) is 44.6 Å². The largest absolute Gasteiger partial charge is 0.485 e. The van der Waals surface area contributed by atoms with Crippen LogP contribution in [0, 0.1) is 0 Å². The van der Waals surface area contributed by atoms with Gasteiger partial charge in [0.1, 0.15) is 18.7 Å². The highest BCUT2D eigenvalue weighted by atomic mass is 16.5. The van der Waals surface area contributed by atoms with E-state index in [0.717, 1.165) is 30.0 Å². The predicted molar refractivity (Wildman–Crippen MR) is 83.2 cm³/mol. The second kappa shape index (κ2) is 7.22. The summed E-state index contributed by atoms with van der Waals surface area (Å²) >= 11 is 0. The van der Waals surface area contributed by atoms with Gasteiger partial charge in [0.2, 0.25) is 0 Å². The van der Waals surface area contributed by atoms with Crippen molar-refractivity contribution in [1.29, 1.82) is 0 Å². The zero-order valence-electron chi connectivity index (χ0n) is 13.0. The molecule has 2 aromatic rings. The molecule has 0 saturated heterocycles. The lowest BCUT2D eigenvalue weighted by molar-refractivity contribution is 0.279. The maximum absolute atomic E-state index is 6.05. The average molecular weight is 288 g/mol. The number of benzene rings is 1. The van der Waals surface area contributed by atoms with Crippen LogP contribution < -0.4 is 10.5 Å². The Labute approximate surface area is 126 Å². The minimum atomic E-state index is 0.161. The van der Waals surface area contributed by atoms with Crippen LogP contribution in [-0.4, -0.2) is 20.8 Å². The Morgan fingerprint density at radius 1 is 1.29 bits per heavy atom. The molecule has 0 radical (unpaired) electrons. The van der Waals surface area contributed by atoms with Crippen molar-refractivity contribution in [2.75, 3.05) is 0 Å². The molecule has 0 spiro atoms. The lowest BCUT2D eigenvalue weighted by Crippen LogP contribution is -2.21. The van der Waals surface area contributed by atoms with Gasteiger partial charge in [0.25, 0.3) is 0 Å². The van der Waals surface area contributed by atoms with Gasteiger partial charge < -0.3 is 10.5 Å². The lowest BCUT2D eigenvalue weighted by Gasteiger charge is -2.15. The smallest absolute Gasteiger partial charge is 0.165 e. The normalized spacial score (nSPS) is 12.6. The van der Waals surface area contributed by atoms with E-state index < -0.39 is 0 Å². The molecule has 0 saturated carbocycles. The monoisotopic (exact) mass is 288 g/mol. The highest BCUT2D eigenvalue weighted by Gasteiger charge is 2.11. The van der Waals surface area contributed by atoms with Crippen LogP contribution in [0.4, 0.5) is 0 Å². The van der Waals surface area contributed by atoms with Gasteiger partial charge in [0.15, 0.2) is 5.82 Å². The van der Waals surface area contributed by atoms with Crippen molar-refractivity contribution in [3.05, 3.63) is 42.0 Å². The Bertz CT molecular complexity index is 565. The molecule has 5 heteroatoms. The SMILES string of the molecule is CCC(N)Cc1ccccc1OCc1ncnn1C(C)C. The number of aromatic nitrogens is 3. The van der Waals surface area contributed by atoms with Gasteiger partial charge in [0, 0.05) is 12.1 Å². The third-order valence-corrected chi connectivity index (χ3v) is 3.47. The molecule has 114 valence electrons. The molecule has 21 heavy (non-hydrogen) atoms. The molecule has 0 aliphatic heterocycles. The highest BCUT2D eigenvalue weighted by molar-refractivity contribution is 5.34. The first-order valence-electron chi connectivity index (χ1n) is 7.46. The van der Waals surface area contributed by atoms with Gasteiger partial charge in [-0.25, -0.2) is 9.67 Å². The molecule has 0 bridgehead atoms. The third kappa shape index (κ3) is 4.04. The van der Waals surface area contributed by atoms with E-state index in [1.165, 1.54) is 0 Å². The van der Waals surface area contributed by atoms with Crippen LogP contribution in [0.5, 0.6) is 5.75 Å². The summed E-state index contributed by atoms with van der Waals surface area (Å²) in [6.07, 6.45) is 3.34. The molecule has 2 N–H and O–H groups in total. The molecule has 1 unspecified atom stereocenters. The first-order valence-corrected chi connectivity index (χ1v) is 7.46.